The molecule has 1 aliphatic rings. The molecule has 76 valence electrons. The predicted octanol–water partition coefficient (Wildman–Crippen LogP) is 2.53. The third-order valence-corrected chi connectivity index (χ3v) is 2.43. The molecule has 2 rings (SSSR count). The summed E-state index contributed by atoms with van der Waals surface area (Å²) in [7, 11) is 0. The normalized spacial score (nSPS) is 13.9. The van der Waals surface area contributed by atoms with Gasteiger partial charge in [0.1, 0.15) is 13.2 Å². The van der Waals surface area contributed by atoms with E-state index in [0.29, 0.717) is 13.2 Å². The summed E-state index contributed by atoms with van der Waals surface area (Å²) >= 11 is 3.33. The van der Waals surface area contributed by atoms with Crippen molar-refractivity contribution >= 4 is 21.6 Å². The first-order chi connectivity index (χ1) is 6.81. The van der Waals surface area contributed by atoms with Crippen LogP contribution >= 0.6 is 15.9 Å². The molecule has 0 aromatic heterocycles. The fourth-order valence-corrected chi connectivity index (χ4v) is 1.75. The average Bonchev–Trinajstić information content (AvgIpc) is 2.19. The van der Waals surface area contributed by atoms with Gasteiger partial charge in [-0.1, -0.05) is 15.9 Å². The predicted molar refractivity (Wildman–Crippen MR) is 59.6 cm³/mol. The number of nitrogens with one attached hydrogen (secondary N) is 1. The van der Waals surface area contributed by atoms with Crippen LogP contribution in [0.15, 0.2) is 12.1 Å². The molecule has 0 aliphatic carbocycles. The molecule has 0 spiro atoms. The number of fused-ring (bicyclic) bond motifs is 1. The Morgan fingerprint density at radius 3 is 2.57 bits per heavy atom. The monoisotopic (exact) mass is 257 g/mol. The van der Waals surface area contributed by atoms with Gasteiger partial charge in [-0.3, -0.25) is 0 Å². The third kappa shape index (κ3) is 1.80. The van der Waals surface area contributed by atoms with Gasteiger partial charge in [0.25, 0.3) is 0 Å². The van der Waals surface area contributed by atoms with Crippen LogP contribution in [0.4, 0.5) is 5.69 Å². The lowest BCUT2D eigenvalue weighted by Gasteiger charge is -2.20. The van der Waals surface area contributed by atoms with Gasteiger partial charge in [-0.25, -0.2) is 0 Å². The number of hydrogen-bond donors (Lipinski definition) is 1. The van der Waals surface area contributed by atoms with Gasteiger partial charge in [-0.05, 0) is 18.6 Å². The number of benzene rings is 1. The van der Waals surface area contributed by atoms with Crippen LogP contribution in [0.3, 0.4) is 0 Å². The Labute approximate surface area is 91.5 Å². The second-order valence-corrected chi connectivity index (χ2v) is 3.68. The lowest BCUT2D eigenvalue weighted by molar-refractivity contribution is 0.171. The standard InChI is InChI=1S/C10H12BrNO2/c1-7-4-9-10(14-3-2-13-9)5-8(7)12-6-11/h4-5,12H,2-3,6H2,1H3. The van der Waals surface area contributed by atoms with Crippen molar-refractivity contribution in [2.45, 2.75) is 6.92 Å². The van der Waals surface area contributed by atoms with Crippen LogP contribution in [0.1, 0.15) is 5.56 Å². The minimum absolute atomic E-state index is 0.629. The minimum Gasteiger partial charge on any atom is -0.486 e. The van der Waals surface area contributed by atoms with E-state index in [-0.39, 0.29) is 0 Å². The zero-order valence-electron chi connectivity index (χ0n) is 7.97. The molecule has 1 aromatic rings. The van der Waals surface area contributed by atoms with Crippen molar-refractivity contribution < 1.29 is 9.47 Å². The van der Waals surface area contributed by atoms with Gasteiger partial charge >= 0.3 is 0 Å². The van der Waals surface area contributed by atoms with E-state index in [4.69, 9.17) is 9.47 Å². The van der Waals surface area contributed by atoms with Crippen molar-refractivity contribution in [2.24, 2.45) is 0 Å². The molecule has 0 amide bonds. The van der Waals surface area contributed by atoms with Crippen LogP contribution < -0.4 is 14.8 Å². The zero-order valence-corrected chi connectivity index (χ0v) is 9.56. The largest absolute Gasteiger partial charge is 0.486 e. The summed E-state index contributed by atoms with van der Waals surface area (Å²) in [5, 5.41) is 3.21. The van der Waals surface area contributed by atoms with Crippen molar-refractivity contribution in [3.05, 3.63) is 17.7 Å². The molecule has 1 N–H and O–H groups in total. The second kappa shape index (κ2) is 4.09. The molecule has 0 saturated heterocycles. The molecule has 0 atom stereocenters. The highest BCUT2D eigenvalue weighted by Crippen LogP contribution is 2.35. The van der Waals surface area contributed by atoms with Crippen LogP contribution in [0, 0.1) is 6.92 Å². The van der Waals surface area contributed by atoms with Gasteiger partial charge in [0.15, 0.2) is 11.5 Å². The smallest absolute Gasteiger partial charge is 0.163 e. The van der Waals surface area contributed by atoms with E-state index in [2.05, 4.69) is 21.2 Å². The van der Waals surface area contributed by atoms with Crippen LogP contribution in [-0.2, 0) is 0 Å². The molecule has 1 aromatic carbocycles. The van der Waals surface area contributed by atoms with Crippen LogP contribution in [0.25, 0.3) is 0 Å². The SMILES string of the molecule is Cc1cc2c(cc1NCBr)OCCO2. The van der Waals surface area contributed by atoms with Crippen LogP contribution in [0.5, 0.6) is 11.5 Å². The van der Waals surface area contributed by atoms with Gasteiger partial charge in [-0.15, -0.1) is 0 Å². The van der Waals surface area contributed by atoms with Gasteiger partial charge in [0.2, 0.25) is 0 Å². The van der Waals surface area contributed by atoms with E-state index >= 15 is 0 Å². The molecule has 1 aliphatic heterocycles. The van der Waals surface area contributed by atoms with Crippen molar-refractivity contribution in [3.63, 3.8) is 0 Å². The molecule has 4 heteroatoms. The van der Waals surface area contributed by atoms with E-state index in [0.717, 1.165) is 28.2 Å². The summed E-state index contributed by atoms with van der Waals surface area (Å²) in [4.78, 5) is 0. The van der Waals surface area contributed by atoms with Crippen molar-refractivity contribution in [1.82, 2.24) is 0 Å². The highest BCUT2D eigenvalue weighted by atomic mass is 79.9. The lowest BCUT2D eigenvalue weighted by Crippen LogP contribution is -2.15. The van der Waals surface area contributed by atoms with Crippen molar-refractivity contribution in [3.8, 4) is 11.5 Å². The van der Waals surface area contributed by atoms with Crippen molar-refractivity contribution in [1.29, 1.82) is 0 Å². The first kappa shape index (κ1) is 9.65. The van der Waals surface area contributed by atoms with Gasteiger partial charge in [0.05, 0.1) is 5.45 Å². The molecule has 1 heterocycles. The van der Waals surface area contributed by atoms with E-state index in [1.165, 1.54) is 0 Å². The summed E-state index contributed by atoms with van der Waals surface area (Å²) in [5.41, 5.74) is 2.97. The summed E-state index contributed by atoms with van der Waals surface area (Å²) in [6.07, 6.45) is 0. The third-order valence-electron chi connectivity index (χ3n) is 2.15. The van der Waals surface area contributed by atoms with Gasteiger partial charge < -0.3 is 14.8 Å². The van der Waals surface area contributed by atoms with Crippen LogP contribution in [-0.4, -0.2) is 18.7 Å². The molecule has 0 bridgehead atoms. The summed E-state index contributed by atoms with van der Waals surface area (Å²) in [5.74, 6) is 1.67. The summed E-state index contributed by atoms with van der Waals surface area (Å²) in [6, 6.07) is 3.98. The van der Waals surface area contributed by atoms with Crippen LogP contribution in [0.2, 0.25) is 0 Å². The maximum atomic E-state index is 5.49. The number of anilines is 1. The molecule has 0 radical (unpaired) electrons. The van der Waals surface area contributed by atoms with Gasteiger partial charge in [-0.2, -0.15) is 0 Å². The number of rotatable bonds is 2. The minimum atomic E-state index is 0.629. The number of hydrogen-bond acceptors (Lipinski definition) is 3. The van der Waals surface area contributed by atoms with Gasteiger partial charge in [0, 0.05) is 11.8 Å². The first-order valence-corrected chi connectivity index (χ1v) is 5.63. The Hall–Kier alpha value is -0.900. The molecule has 14 heavy (non-hydrogen) atoms. The number of ether oxygens (including phenoxy) is 2. The maximum absolute atomic E-state index is 5.49. The Morgan fingerprint density at radius 2 is 1.93 bits per heavy atom. The Balaban J connectivity index is 2.35. The molecule has 0 saturated carbocycles. The Bertz CT molecular complexity index is 341. The fraction of sp³-hybridized carbons (Fsp3) is 0.400. The fourth-order valence-electron chi connectivity index (χ4n) is 1.45. The Kier molecular flexibility index (Phi) is 2.82. The van der Waals surface area contributed by atoms with Crippen molar-refractivity contribution in [2.75, 3.05) is 24.0 Å². The van der Waals surface area contributed by atoms with E-state index in [9.17, 15) is 0 Å². The summed E-state index contributed by atoms with van der Waals surface area (Å²) < 4.78 is 11.0. The van der Waals surface area contributed by atoms with E-state index in [1.807, 2.05) is 19.1 Å². The maximum Gasteiger partial charge on any atom is 0.163 e. The topological polar surface area (TPSA) is 30.5 Å². The average molecular weight is 258 g/mol. The molecular formula is C10H12BrNO2. The molecule has 3 nitrogen and oxygen atoms in total. The molecule has 0 fully saturated rings. The number of aryl methyl sites for hydroxylation is 1. The number of alkyl halides is 1. The Morgan fingerprint density at radius 1 is 1.29 bits per heavy atom. The quantitative estimate of drug-likeness (QED) is 0.653. The highest BCUT2D eigenvalue weighted by molar-refractivity contribution is 9.09. The second-order valence-electron chi connectivity index (χ2n) is 3.12. The van der Waals surface area contributed by atoms with E-state index < -0.39 is 0 Å². The lowest BCUT2D eigenvalue weighted by atomic mass is 10.1. The molecular weight excluding hydrogens is 246 g/mol. The first-order valence-electron chi connectivity index (χ1n) is 4.51. The highest BCUT2D eigenvalue weighted by Gasteiger charge is 2.13. The molecule has 0 unspecified atom stereocenters. The summed E-state index contributed by atoms with van der Waals surface area (Å²) in [6.45, 7) is 3.31. The zero-order chi connectivity index (χ0) is 9.97. The van der Waals surface area contributed by atoms with E-state index in [1.54, 1.807) is 0 Å². The number of halogens is 1.